The maximum absolute atomic E-state index is 11.4. The summed E-state index contributed by atoms with van der Waals surface area (Å²) < 4.78 is 5.08. The van der Waals surface area contributed by atoms with Gasteiger partial charge in [0.05, 0.1) is 0 Å². The smallest absolute Gasteiger partial charge is 0.246 e. The predicted molar refractivity (Wildman–Crippen MR) is 53.9 cm³/mol. The van der Waals surface area contributed by atoms with Crippen LogP contribution in [0.3, 0.4) is 0 Å². The van der Waals surface area contributed by atoms with Crippen molar-refractivity contribution in [2.45, 2.75) is 38.6 Å². The lowest BCUT2D eigenvalue weighted by Gasteiger charge is -2.17. The molecule has 0 aromatic carbocycles. The Bertz CT molecular complexity index is 197. The molecule has 1 amide bonds. The molecule has 3 heteroatoms. The normalized spacial score (nSPS) is 21.3. The molecule has 2 aliphatic carbocycles. The number of hydrogen-bond acceptors (Lipinski definition) is 2. The first kappa shape index (κ1) is 9.97. The molecule has 3 nitrogen and oxygen atoms in total. The van der Waals surface area contributed by atoms with Gasteiger partial charge in [-0.15, -0.1) is 0 Å². The summed E-state index contributed by atoms with van der Waals surface area (Å²) in [6, 6.07) is 0.461. The minimum atomic E-state index is 0.0654. The second-order valence-corrected chi connectivity index (χ2v) is 4.41. The van der Waals surface area contributed by atoms with Crippen molar-refractivity contribution in [2.24, 2.45) is 11.8 Å². The first-order chi connectivity index (χ1) is 6.81. The minimum absolute atomic E-state index is 0.0654. The summed E-state index contributed by atoms with van der Waals surface area (Å²) in [5.74, 6) is 1.61. The summed E-state index contributed by atoms with van der Waals surface area (Å²) in [5, 5.41) is 3.11. The Labute approximate surface area is 85.2 Å². The lowest BCUT2D eigenvalue weighted by atomic mass is 10.1. The van der Waals surface area contributed by atoms with Gasteiger partial charge < -0.3 is 10.1 Å². The van der Waals surface area contributed by atoms with Gasteiger partial charge in [0.1, 0.15) is 6.61 Å². The molecule has 0 bridgehead atoms. The SMILES string of the molecule is CCOCC(=O)NC(C1CC1)C1CC1. The molecule has 0 radical (unpaired) electrons. The third kappa shape index (κ3) is 2.71. The number of hydrogen-bond donors (Lipinski definition) is 1. The Morgan fingerprint density at radius 3 is 2.36 bits per heavy atom. The topological polar surface area (TPSA) is 38.3 Å². The van der Waals surface area contributed by atoms with Crippen molar-refractivity contribution in [3.63, 3.8) is 0 Å². The monoisotopic (exact) mass is 197 g/mol. The van der Waals surface area contributed by atoms with Gasteiger partial charge in [-0.2, -0.15) is 0 Å². The summed E-state index contributed by atoms with van der Waals surface area (Å²) in [4.78, 5) is 11.4. The zero-order chi connectivity index (χ0) is 9.97. The van der Waals surface area contributed by atoms with E-state index in [1.807, 2.05) is 6.92 Å². The molecule has 2 saturated carbocycles. The van der Waals surface area contributed by atoms with Gasteiger partial charge in [-0.1, -0.05) is 0 Å². The maximum atomic E-state index is 11.4. The fraction of sp³-hybridized carbons (Fsp3) is 0.909. The zero-order valence-corrected chi connectivity index (χ0v) is 8.79. The van der Waals surface area contributed by atoms with Crippen LogP contribution in [-0.2, 0) is 9.53 Å². The number of rotatable bonds is 6. The predicted octanol–water partition coefficient (Wildman–Crippen LogP) is 1.33. The largest absolute Gasteiger partial charge is 0.372 e. The van der Waals surface area contributed by atoms with E-state index in [9.17, 15) is 4.79 Å². The number of carbonyl (C=O) groups excluding carboxylic acids is 1. The van der Waals surface area contributed by atoms with E-state index in [4.69, 9.17) is 4.74 Å². The molecule has 0 saturated heterocycles. The highest BCUT2D eigenvalue weighted by Crippen LogP contribution is 2.44. The molecule has 0 spiro atoms. The Kier molecular flexibility index (Phi) is 3.06. The van der Waals surface area contributed by atoms with Crippen LogP contribution in [-0.4, -0.2) is 25.2 Å². The molecular weight excluding hydrogens is 178 g/mol. The second kappa shape index (κ2) is 4.30. The average molecular weight is 197 g/mol. The van der Waals surface area contributed by atoms with Crippen LogP contribution in [0.4, 0.5) is 0 Å². The molecule has 0 atom stereocenters. The lowest BCUT2D eigenvalue weighted by Crippen LogP contribution is -2.40. The van der Waals surface area contributed by atoms with Crippen molar-refractivity contribution < 1.29 is 9.53 Å². The van der Waals surface area contributed by atoms with E-state index < -0.39 is 0 Å². The highest BCUT2D eigenvalue weighted by molar-refractivity contribution is 5.77. The van der Waals surface area contributed by atoms with Gasteiger partial charge >= 0.3 is 0 Å². The van der Waals surface area contributed by atoms with Crippen molar-refractivity contribution >= 4 is 5.91 Å². The molecule has 0 aromatic heterocycles. The van der Waals surface area contributed by atoms with Crippen molar-refractivity contribution in [1.82, 2.24) is 5.32 Å². The van der Waals surface area contributed by atoms with E-state index >= 15 is 0 Å². The van der Waals surface area contributed by atoms with E-state index in [2.05, 4.69) is 5.32 Å². The van der Waals surface area contributed by atoms with Gasteiger partial charge in [-0.3, -0.25) is 4.79 Å². The van der Waals surface area contributed by atoms with E-state index in [1.165, 1.54) is 25.7 Å². The lowest BCUT2D eigenvalue weighted by molar-refractivity contribution is -0.126. The molecule has 2 fully saturated rings. The molecule has 0 unspecified atom stereocenters. The molecule has 2 aliphatic rings. The van der Waals surface area contributed by atoms with Crippen LogP contribution >= 0.6 is 0 Å². The maximum Gasteiger partial charge on any atom is 0.246 e. The summed E-state index contributed by atoms with van der Waals surface area (Å²) in [6.07, 6.45) is 5.21. The Balaban J connectivity index is 1.72. The molecule has 80 valence electrons. The van der Waals surface area contributed by atoms with Crippen molar-refractivity contribution in [3.8, 4) is 0 Å². The fourth-order valence-electron chi connectivity index (χ4n) is 1.95. The van der Waals surface area contributed by atoms with Gasteiger partial charge in [0.15, 0.2) is 0 Å². The highest BCUT2D eigenvalue weighted by Gasteiger charge is 2.42. The van der Waals surface area contributed by atoms with E-state index in [1.54, 1.807) is 0 Å². The Morgan fingerprint density at radius 2 is 1.93 bits per heavy atom. The molecular formula is C11H19NO2. The molecule has 0 aliphatic heterocycles. The van der Waals surface area contributed by atoms with Crippen LogP contribution in [0.25, 0.3) is 0 Å². The molecule has 0 aromatic rings. The molecule has 1 N–H and O–H groups in total. The van der Waals surface area contributed by atoms with Crippen LogP contribution in [0.15, 0.2) is 0 Å². The third-order valence-electron chi connectivity index (χ3n) is 3.02. The number of carbonyl (C=O) groups is 1. The second-order valence-electron chi connectivity index (χ2n) is 4.41. The first-order valence-corrected chi connectivity index (χ1v) is 5.68. The van der Waals surface area contributed by atoms with Gasteiger partial charge in [0, 0.05) is 12.6 Å². The van der Waals surface area contributed by atoms with Gasteiger partial charge in [0.2, 0.25) is 5.91 Å². The van der Waals surface area contributed by atoms with Crippen molar-refractivity contribution in [2.75, 3.05) is 13.2 Å². The zero-order valence-electron chi connectivity index (χ0n) is 8.79. The van der Waals surface area contributed by atoms with Gasteiger partial charge in [-0.05, 0) is 44.4 Å². The molecule has 14 heavy (non-hydrogen) atoms. The number of amides is 1. The van der Waals surface area contributed by atoms with Crippen molar-refractivity contribution in [3.05, 3.63) is 0 Å². The van der Waals surface area contributed by atoms with E-state index in [0.717, 1.165) is 11.8 Å². The first-order valence-electron chi connectivity index (χ1n) is 5.68. The van der Waals surface area contributed by atoms with Crippen LogP contribution in [0.1, 0.15) is 32.6 Å². The highest BCUT2D eigenvalue weighted by atomic mass is 16.5. The molecule has 2 rings (SSSR count). The van der Waals surface area contributed by atoms with Crippen LogP contribution in [0.5, 0.6) is 0 Å². The average Bonchev–Trinajstić information content (AvgIpc) is 3.04. The standard InChI is InChI=1S/C11H19NO2/c1-2-14-7-10(13)12-11(8-3-4-8)9-5-6-9/h8-9,11H,2-7H2,1H3,(H,12,13). The van der Waals surface area contributed by atoms with Crippen LogP contribution in [0.2, 0.25) is 0 Å². The van der Waals surface area contributed by atoms with E-state index in [0.29, 0.717) is 12.6 Å². The van der Waals surface area contributed by atoms with Gasteiger partial charge in [-0.25, -0.2) is 0 Å². The Hall–Kier alpha value is -0.570. The number of nitrogens with one attached hydrogen (secondary N) is 1. The molecule has 0 heterocycles. The summed E-state index contributed by atoms with van der Waals surface area (Å²) in [6.45, 7) is 2.75. The Morgan fingerprint density at radius 1 is 1.36 bits per heavy atom. The van der Waals surface area contributed by atoms with Crippen LogP contribution < -0.4 is 5.32 Å². The minimum Gasteiger partial charge on any atom is -0.372 e. The summed E-state index contributed by atoms with van der Waals surface area (Å²) in [7, 11) is 0. The quantitative estimate of drug-likeness (QED) is 0.697. The van der Waals surface area contributed by atoms with Gasteiger partial charge in [0.25, 0.3) is 0 Å². The third-order valence-corrected chi connectivity index (χ3v) is 3.02. The van der Waals surface area contributed by atoms with Crippen LogP contribution in [0, 0.1) is 11.8 Å². The van der Waals surface area contributed by atoms with Crippen molar-refractivity contribution in [1.29, 1.82) is 0 Å². The number of ether oxygens (including phenoxy) is 1. The summed E-state index contributed by atoms with van der Waals surface area (Å²) >= 11 is 0. The fourth-order valence-corrected chi connectivity index (χ4v) is 1.95. The summed E-state index contributed by atoms with van der Waals surface area (Å²) in [5.41, 5.74) is 0. The van der Waals surface area contributed by atoms with E-state index in [-0.39, 0.29) is 12.5 Å².